The minimum absolute atomic E-state index is 0.0452. The zero-order valence-electron chi connectivity index (χ0n) is 7.97. The van der Waals surface area contributed by atoms with E-state index < -0.39 is 19.0 Å². The van der Waals surface area contributed by atoms with Gasteiger partial charge in [0.1, 0.15) is 0 Å². The van der Waals surface area contributed by atoms with Crippen molar-refractivity contribution < 1.29 is 23.6 Å². The highest BCUT2D eigenvalue weighted by atomic mass is 31.2. The van der Waals surface area contributed by atoms with E-state index in [0.717, 1.165) is 0 Å². The molecule has 0 aliphatic rings. The third-order valence-electron chi connectivity index (χ3n) is 1.17. The van der Waals surface area contributed by atoms with Gasteiger partial charge in [-0.15, -0.1) is 0 Å². The molecule has 14 heavy (non-hydrogen) atoms. The molecule has 0 aliphatic heterocycles. The molecule has 0 rings (SSSR count). The van der Waals surface area contributed by atoms with Gasteiger partial charge < -0.3 is 20.0 Å². The number of primary amides is 1. The maximum Gasteiger partial charge on any atom is 0.388 e. The second-order valence-corrected chi connectivity index (χ2v) is 4.06. The van der Waals surface area contributed by atoms with Gasteiger partial charge in [-0.3, -0.25) is 9.36 Å². The van der Waals surface area contributed by atoms with Crippen LogP contribution in [0.2, 0.25) is 0 Å². The van der Waals surface area contributed by atoms with Crippen LogP contribution in [0.25, 0.3) is 0 Å². The van der Waals surface area contributed by atoms with Gasteiger partial charge >= 0.3 is 7.60 Å². The Labute approximate surface area is 81.4 Å². The zero-order chi connectivity index (χ0) is 11.2. The van der Waals surface area contributed by atoms with E-state index in [1.165, 1.54) is 0 Å². The van der Waals surface area contributed by atoms with Crippen LogP contribution in [0, 0.1) is 0 Å². The third kappa shape index (κ3) is 3.10. The largest absolute Gasteiger partial charge is 0.410 e. The van der Waals surface area contributed by atoms with Crippen LogP contribution in [-0.2, 0) is 18.4 Å². The van der Waals surface area contributed by atoms with Crippen LogP contribution in [0.3, 0.4) is 0 Å². The Balaban J connectivity index is 4.97. The van der Waals surface area contributed by atoms with Gasteiger partial charge in [0, 0.05) is 0 Å². The molecule has 0 fully saturated rings. The molecule has 0 aromatic rings. The lowest BCUT2D eigenvalue weighted by Crippen LogP contribution is -2.25. The van der Waals surface area contributed by atoms with E-state index >= 15 is 0 Å². The summed E-state index contributed by atoms with van der Waals surface area (Å²) in [5, 5.41) is 11.0. The molecule has 0 saturated heterocycles. The zero-order valence-corrected chi connectivity index (χ0v) is 8.86. The van der Waals surface area contributed by atoms with E-state index in [-0.39, 0.29) is 13.2 Å². The highest BCUT2D eigenvalue weighted by molar-refractivity contribution is 7.75. The van der Waals surface area contributed by atoms with Crippen molar-refractivity contribution in [2.75, 3.05) is 13.2 Å². The van der Waals surface area contributed by atoms with Crippen molar-refractivity contribution in [3.8, 4) is 0 Å². The fraction of sp³-hybridized carbons (Fsp3) is 0.667. The van der Waals surface area contributed by atoms with E-state index in [4.69, 9.17) is 20.0 Å². The molecule has 0 aromatic carbocycles. The van der Waals surface area contributed by atoms with Crippen LogP contribution in [0.4, 0.5) is 0 Å². The average molecular weight is 224 g/mol. The van der Waals surface area contributed by atoms with Crippen molar-refractivity contribution in [2.24, 2.45) is 10.9 Å². The summed E-state index contributed by atoms with van der Waals surface area (Å²) < 4.78 is 21.2. The molecule has 3 N–H and O–H groups in total. The van der Waals surface area contributed by atoms with Crippen molar-refractivity contribution >= 4 is 19.0 Å². The fourth-order valence-electron chi connectivity index (χ4n) is 0.738. The SMILES string of the molecule is CCOP(=O)(OCC)/C(=N\O)C(N)=O. The highest BCUT2D eigenvalue weighted by Gasteiger charge is 2.36. The summed E-state index contributed by atoms with van der Waals surface area (Å²) in [6, 6.07) is 0. The van der Waals surface area contributed by atoms with Crippen LogP contribution in [-0.4, -0.2) is 29.8 Å². The molecule has 8 heteroatoms. The first-order valence-corrected chi connectivity index (χ1v) is 5.47. The highest BCUT2D eigenvalue weighted by Crippen LogP contribution is 2.49. The number of oxime groups is 1. The van der Waals surface area contributed by atoms with Crippen LogP contribution in [0.5, 0.6) is 0 Å². The number of carbonyl (C=O) groups is 1. The predicted molar refractivity (Wildman–Crippen MR) is 49.3 cm³/mol. The Hall–Kier alpha value is -0.910. The molecule has 7 nitrogen and oxygen atoms in total. The summed E-state index contributed by atoms with van der Waals surface area (Å²) in [5.41, 5.74) is 4.04. The van der Waals surface area contributed by atoms with Crippen LogP contribution < -0.4 is 5.73 Å². The van der Waals surface area contributed by atoms with Crippen molar-refractivity contribution in [1.82, 2.24) is 0 Å². The topological polar surface area (TPSA) is 111 Å². The van der Waals surface area contributed by atoms with Crippen molar-refractivity contribution in [3.63, 3.8) is 0 Å². The number of hydrogen-bond acceptors (Lipinski definition) is 6. The summed E-state index contributed by atoms with van der Waals surface area (Å²) in [6.07, 6.45) is 0. The van der Waals surface area contributed by atoms with Gasteiger partial charge in [-0.1, -0.05) is 5.16 Å². The van der Waals surface area contributed by atoms with Crippen molar-refractivity contribution in [3.05, 3.63) is 0 Å². The minimum atomic E-state index is -3.86. The number of hydrogen-bond donors (Lipinski definition) is 2. The lowest BCUT2D eigenvalue weighted by atomic mass is 10.7. The first kappa shape index (κ1) is 13.1. The first-order chi connectivity index (χ1) is 6.51. The molecule has 0 heterocycles. The lowest BCUT2D eigenvalue weighted by Gasteiger charge is -2.15. The second-order valence-electron chi connectivity index (χ2n) is 2.12. The Bertz CT molecular complexity index is 267. The monoisotopic (exact) mass is 224 g/mol. The van der Waals surface area contributed by atoms with E-state index in [2.05, 4.69) is 5.16 Å². The van der Waals surface area contributed by atoms with E-state index in [1.54, 1.807) is 13.8 Å². The number of nitrogens with two attached hydrogens (primary N) is 1. The Kier molecular flexibility index (Phi) is 5.37. The molecule has 0 bridgehead atoms. The maximum atomic E-state index is 11.7. The van der Waals surface area contributed by atoms with Gasteiger partial charge in [0.2, 0.25) is 0 Å². The standard InChI is InChI=1S/C6H13N2O5P/c1-3-12-14(11,13-4-2)6(8-10)5(7)9/h10H,3-4H2,1-2H3,(H2,7,9)/b8-6-. The summed E-state index contributed by atoms with van der Waals surface area (Å²) in [6.45, 7) is 3.20. The lowest BCUT2D eigenvalue weighted by molar-refractivity contribution is -0.111. The molecule has 0 unspecified atom stereocenters. The molecular weight excluding hydrogens is 211 g/mol. The number of amides is 1. The summed E-state index contributed by atoms with van der Waals surface area (Å²) >= 11 is 0. The fourth-order valence-corrected chi connectivity index (χ4v) is 2.12. The van der Waals surface area contributed by atoms with Crippen molar-refractivity contribution in [2.45, 2.75) is 13.8 Å². The van der Waals surface area contributed by atoms with Crippen LogP contribution >= 0.6 is 7.60 Å². The summed E-state index contributed by atoms with van der Waals surface area (Å²) in [4.78, 5) is 10.7. The third-order valence-corrected chi connectivity index (χ3v) is 3.20. The van der Waals surface area contributed by atoms with Gasteiger partial charge in [0.25, 0.3) is 11.4 Å². The maximum absolute atomic E-state index is 11.7. The molecule has 1 amide bonds. The molecular formula is C6H13N2O5P. The van der Waals surface area contributed by atoms with Gasteiger partial charge in [-0.2, -0.15) is 0 Å². The normalized spacial score (nSPS) is 12.9. The molecule has 0 spiro atoms. The molecule has 0 saturated carbocycles. The predicted octanol–water partition coefficient (Wildman–Crippen LogP) is 0.526. The molecule has 0 aliphatic carbocycles. The van der Waals surface area contributed by atoms with Gasteiger partial charge in [-0.05, 0) is 13.8 Å². The Morgan fingerprint density at radius 1 is 1.43 bits per heavy atom. The number of rotatable bonds is 6. The average Bonchev–Trinajstić information content (AvgIpc) is 2.04. The van der Waals surface area contributed by atoms with E-state index in [0.29, 0.717) is 0 Å². The molecule has 82 valence electrons. The second kappa shape index (κ2) is 5.74. The Morgan fingerprint density at radius 3 is 2.07 bits per heavy atom. The van der Waals surface area contributed by atoms with E-state index in [9.17, 15) is 9.36 Å². The minimum Gasteiger partial charge on any atom is -0.410 e. The van der Waals surface area contributed by atoms with Crippen molar-refractivity contribution in [1.29, 1.82) is 0 Å². The first-order valence-electron chi connectivity index (χ1n) is 3.93. The quantitative estimate of drug-likeness (QED) is 0.296. The van der Waals surface area contributed by atoms with Crippen LogP contribution in [0.1, 0.15) is 13.8 Å². The van der Waals surface area contributed by atoms with Crippen LogP contribution in [0.15, 0.2) is 5.16 Å². The molecule has 0 atom stereocenters. The summed E-state index contributed by atoms with van der Waals surface area (Å²) in [5.74, 6) is -1.14. The van der Waals surface area contributed by atoms with Gasteiger partial charge in [-0.25, -0.2) is 0 Å². The summed E-state index contributed by atoms with van der Waals surface area (Å²) in [7, 11) is -3.86. The van der Waals surface area contributed by atoms with E-state index in [1.807, 2.05) is 0 Å². The Morgan fingerprint density at radius 2 is 1.86 bits per heavy atom. The smallest absolute Gasteiger partial charge is 0.388 e. The number of carbonyl (C=O) groups excluding carboxylic acids is 1. The number of nitrogens with zero attached hydrogens (tertiary/aromatic N) is 1. The van der Waals surface area contributed by atoms with Gasteiger partial charge in [0.05, 0.1) is 13.2 Å². The molecule has 0 radical (unpaired) electrons. The molecule has 0 aromatic heterocycles. The van der Waals surface area contributed by atoms with Gasteiger partial charge in [0.15, 0.2) is 0 Å².